The Balaban J connectivity index is 1.33. The molecule has 2 N–H and O–H groups in total. The lowest BCUT2D eigenvalue weighted by Crippen LogP contribution is -2.47. The number of anilines is 1. The van der Waals surface area contributed by atoms with E-state index in [0.717, 1.165) is 28.9 Å². The molecule has 41 heavy (non-hydrogen) atoms. The maximum atomic E-state index is 13.7. The summed E-state index contributed by atoms with van der Waals surface area (Å²) in [7, 11) is 1.46. The van der Waals surface area contributed by atoms with Crippen LogP contribution in [-0.4, -0.2) is 64.0 Å². The summed E-state index contributed by atoms with van der Waals surface area (Å²) >= 11 is 0. The van der Waals surface area contributed by atoms with Crippen LogP contribution in [0.15, 0.2) is 36.5 Å². The van der Waals surface area contributed by atoms with Crippen LogP contribution in [0.4, 0.5) is 15.4 Å². The lowest BCUT2D eigenvalue weighted by molar-refractivity contribution is -0.141. The van der Waals surface area contributed by atoms with E-state index in [4.69, 9.17) is 9.47 Å². The van der Waals surface area contributed by atoms with Crippen LogP contribution in [0.25, 0.3) is 0 Å². The Hall–Kier alpha value is -4.15. The number of hydrogen-bond acceptors (Lipinski definition) is 7. The van der Waals surface area contributed by atoms with Crippen molar-refractivity contribution in [2.75, 3.05) is 19.0 Å². The van der Waals surface area contributed by atoms with Gasteiger partial charge in [0, 0.05) is 18.8 Å². The molecule has 1 aromatic heterocycles. The maximum Gasteiger partial charge on any atom is 0.413 e. The lowest BCUT2D eigenvalue weighted by Gasteiger charge is -2.31. The van der Waals surface area contributed by atoms with Gasteiger partial charge in [-0.2, -0.15) is 0 Å². The number of amides is 5. The second-order valence-electron chi connectivity index (χ2n) is 12.0. The second-order valence-corrected chi connectivity index (χ2v) is 12.0. The molecule has 0 bridgehead atoms. The fourth-order valence-corrected chi connectivity index (χ4v) is 5.67. The van der Waals surface area contributed by atoms with Crippen LogP contribution in [0.3, 0.4) is 0 Å². The van der Waals surface area contributed by atoms with E-state index in [1.165, 1.54) is 7.11 Å². The number of nitrogens with zero attached hydrogens (tertiary/aromatic N) is 3. The largest absolute Gasteiger partial charge is 0.493 e. The van der Waals surface area contributed by atoms with Gasteiger partial charge in [0.05, 0.1) is 7.11 Å². The predicted octanol–water partition coefficient (Wildman–Crippen LogP) is 3.96. The molecule has 11 nitrogen and oxygen atoms in total. The third kappa shape index (κ3) is 5.71. The van der Waals surface area contributed by atoms with E-state index in [1.54, 1.807) is 37.9 Å². The highest BCUT2D eigenvalue weighted by molar-refractivity contribution is 6.10. The van der Waals surface area contributed by atoms with Gasteiger partial charge in [-0.05, 0) is 82.1 Å². The number of hydrogen-bond donors (Lipinski definition) is 2. The first-order valence-electron chi connectivity index (χ1n) is 14.0. The topological polar surface area (TPSA) is 130 Å². The molecule has 5 rings (SSSR count). The number of nitrogens with one attached hydrogen (secondary N) is 2. The van der Waals surface area contributed by atoms with Gasteiger partial charge in [-0.3, -0.25) is 19.8 Å². The third-order valence-electron chi connectivity index (χ3n) is 7.93. The van der Waals surface area contributed by atoms with Crippen LogP contribution in [0.2, 0.25) is 0 Å². The lowest BCUT2D eigenvalue weighted by atomic mass is 9.92. The molecule has 218 valence electrons. The van der Waals surface area contributed by atoms with Crippen LogP contribution in [0.1, 0.15) is 63.6 Å². The molecule has 5 amide bonds. The van der Waals surface area contributed by atoms with Gasteiger partial charge in [-0.1, -0.05) is 24.3 Å². The molecular weight excluding hydrogens is 526 g/mol. The minimum atomic E-state index is -1.12. The van der Waals surface area contributed by atoms with Crippen molar-refractivity contribution in [3.8, 4) is 5.75 Å². The summed E-state index contributed by atoms with van der Waals surface area (Å²) in [5.41, 5.74) is 0.718. The molecule has 0 unspecified atom stereocenters. The first-order valence-corrected chi connectivity index (χ1v) is 14.0. The number of imide groups is 1. The molecule has 2 atom stereocenters. The van der Waals surface area contributed by atoms with Crippen LogP contribution in [0, 0.1) is 5.92 Å². The molecule has 3 aliphatic rings. The van der Waals surface area contributed by atoms with Crippen LogP contribution >= 0.6 is 0 Å². The molecule has 2 fully saturated rings. The number of carbonyl (C=O) groups is 4. The second kappa shape index (κ2) is 10.7. The zero-order valence-corrected chi connectivity index (χ0v) is 24.2. The average molecular weight is 564 g/mol. The van der Waals surface area contributed by atoms with Gasteiger partial charge in [0.1, 0.15) is 17.7 Å². The van der Waals surface area contributed by atoms with Gasteiger partial charge in [-0.25, -0.2) is 14.6 Å². The Kier molecular flexibility index (Phi) is 7.39. The Morgan fingerprint density at radius 2 is 1.98 bits per heavy atom. The summed E-state index contributed by atoms with van der Waals surface area (Å²) in [5.74, 6) is 0.140. The standard InChI is InChI=1S/C30H37N5O6/c1-18(20-10-11-20)34(16-19-14-23(40-5)25(31-15-19)32-28(39)41-29(2,3)4)24(36)17-35-26(37)30(33-27(35)38)13-12-21-8-6-7-9-22(21)30/h6-9,14-15,18,20H,10-13,16-17H2,1-5H3,(H,33,38)(H,31,32,39)/t18-,30-/m0/s1. The van der Waals surface area contributed by atoms with Crippen molar-refractivity contribution in [1.82, 2.24) is 20.1 Å². The van der Waals surface area contributed by atoms with E-state index < -0.39 is 23.3 Å². The van der Waals surface area contributed by atoms with Crippen LogP contribution in [0.5, 0.6) is 5.75 Å². The van der Waals surface area contributed by atoms with Crippen molar-refractivity contribution < 1.29 is 28.7 Å². The Morgan fingerprint density at radius 1 is 1.24 bits per heavy atom. The summed E-state index contributed by atoms with van der Waals surface area (Å²) in [5, 5.41) is 5.48. The number of methoxy groups -OCH3 is 1. The van der Waals surface area contributed by atoms with Crippen LogP contribution < -0.4 is 15.4 Å². The number of pyridine rings is 1. The molecule has 2 aliphatic carbocycles. The molecule has 11 heteroatoms. The van der Waals surface area contributed by atoms with Crippen molar-refractivity contribution in [3.05, 3.63) is 53.2 Å². The summed E-state index contributed by atoms with van der Waals surface area (Å²) in [6, 6.07) is 8.66. The highest BCUT2D eigenvalue weighted by Gasteiger charge is 2.55. The number of rotatable bonds is 8. The van der Waals surface area contributed by atoms with Gasteiger partial charge < -0.3 is 19.7 Å². The highest BCUT2D eigenvalue weighted by atomic mass is 16.6. The zero-order chi connectivity index (χ0) is 29.5. The minimum absolute atomic E-state index is 0.102. The number of aryl methyl sites for hydroxylation is 1. The molecule has 2 heterocycles. The van der Waals surface area contributed by atoms with E-state index in [9.17, 15) is 19.2 Å². The van der Waals surface area contributed by atoms with Crippen molar-refractivity contribution in [1.29, 1.82) is 0 Å². The number of ether oxygens (including phenoxy) is 2. The molecule has 1 spiro atoms. The number of fused-ring (bicyclic) bond motifs is 2. The first kappa shape index (κ1) is 28.4. The number of carbonyl (C=O) groups excluding carboxylic acids is 4. The molecule has 2 aromatic rings. The number of benzene rings is 1. The van der Waals surface area contributed by atoms with Gasteiger partial charge in [-0.15, -0.1) is 0 Å². The van der Waals surface area contributed by atoms with E-state index in [2.05, 4.69) is 15.6 Å². The highest BCUT2D eigenvalue weighted by Crippen LogP contribution is 2.41. The van der Waals surface area contributed by atoms with Crippen molar-refractivity contribution >= 4 is 29.8 Å². The Morgan fingerprint density at radius 3 is 2.66 bits per heavy atom. The fourth-order valence-electron chi connectivity index (χ4n) is 5.67. The van der Waals surface area contributed by atoms with Crippen LogP contribution in [-0.2, 0) is 32.8 Å². The van der Waals surface area contributed by atoms with Crippen molar-refractivity contribution in [2.24, 2.45) is 5.92 Å². The predicted molar refractivity (Wildman–Crippen MR) is 150 cm³/mol. The van der Waals surface area contributed by atoms with E-state index in [1.807, 2.05) is 31.2 Å². The fraction of sp³-hybridized carbons (Fsp3) is 0.500. The van der Waals surface area contributed by atoms with Gasteiger partial charge >= 0.3 is 12.1 Å². The molecule has 1 saturated carbocycles. The maximum absolute atomic E-state index is 13.7. The number of aromatic nitrogens is 1. The number of urea groups is 1. The smallest absolute Gasteiger partial charge is 0.413 e. The Labute approximate surface area is 239 Å². The normalized spacial score (nSPS) is 20.5. The van der Waals surface area contributed by atoms with E-state index >= 15 is 0 Å². The summed E-state index contributed by atoms with van der Waals surface area (Å²) < 4.78 is 10.8. The Bertz CT molecular complexity index is 1380. The summed E-state index contributed by atoms with van der Waals surface area (Å²) in [6.45, 7) is 7.12. The minimum Gasteiger partial charge on any atom is -0.493 e. The molecule has 1 saturated heterocycles. The van der Waals surface area contributed by atoms with Crippen molar-refractivity contribution in [2.45, 2.75) is 77.1 Å². The molecule has 1 aromatic carbocycles. The summed E-state index contributed by atoms with van der Waals surface area (Å²) in [4.78, 5) is 59.8. The SMILES string of the molecule is COc1cc(CN(C(=O)CN2C(=O)N[C@]3(CCc4ccccc43)C2=O)[C@@H](C)C2CC2)cnc1NC(=O)OC(C)(C)C. The van der Waals surface area contributed by atoms with Gasteiger partial charge in [0.15, 0.2) is 11.6 Å². The quantitative estimate of drug-likeness (QED) is 0.465. The monoisotopic (exact) mass is 563 g/mol. The average Bonchev–Trinajstić information content (AvgIpc) is 3.67. The third-order valence-corrected chi connectivity index (χ3v) is 7.93. The van der Waals surface area contributed by atoms with E-state index in [-0.39, 0.29) is 36.8 Å². The van der Waals surface area contributed by atoms with Crippen molar-refractivity contribution in [3.63, 3.8) is 0 Å². The van der Waals surface area contributed by atoms with Gasteiger partial charge in [0.25, 0.3) is 5.91 Å². The first-order chi connectivity index (χ1) is 19.4. The molecule has 0 radical (unpaired) electrons. The zero-order valence-electron chi connectivity index (χ0n) is 24.2. The molecular formula is C30H37N5O6. The summed E-state index contributed by atoms with van der Waals surface area (Å²) in [6.07, 6.45) is 4.07. The molecule has 1 aliphatic heterocycles. The van der Waals surface area contributed by atoms with E-state index in [0.29, 0.717) is 30.1 Å². The van der Waals surface area contributed by atoms with Gasteiger partial charge in [0.2, 0.25) is 5.91 Å².